The predicted octanol–water partition coefficient (Wildman–Crippen LogP) is 2.77. The van der Waals surface area contributed by atoms with Gasteiger partial charge >= 0.3 is 6.09 Å². The molecule has 1 aliphatic heterocycles. The Morgan fingerprint density at radius 2 is 1.96 bits per heavy atom. The maximum absolute atomic E-state index is 12.9. The third-order valence-corrected chi connectivity index (χ3v) is 4.20. The van der Waals surface area contributed by atoms with Crippen LogP contribution in [0.25, 0.3) is 0 Å². The van der Waals surface area contributed by atoms with E-state index in [2.05, 4.69) is 15.6 Å². The van der Waals surface area contributed by atoms with Crippen molar-refractivity contribution in [1.82, 2.24) is 15.5 Å². The van der Waals surface area contributed by atoms with Crippen molar-refractivity contribution in [3.63, 3.8) is 0 Å². The molecule has 6 nitrogen and oxygen atoms in total. The van der Waals surface area contributed by atoms with Gasteiger partial charge in [0, 0.05) is 32.7 Å². The topological polar surface area (TPSA) is 66.0 Å². The Morgan fingerprint density at radius 3 is 2.54 bits per heavy atom. The van der Waals surface area contributed by atoms with Gasteiger partial charge in [0.25, 0.3) is 0 Å². The molecule has 1 saturated heterocycles. The van der Waals surface area contributed by atoms with Crippen molar-refractivity contribution in [3.05, 3.63) is 35.6 Å². The zero-order valence-electron chi connectivity index (χ0n) is 15.3. The summed E-state index contributed by atoms with van der Waals surface area (Å²) in [7, 11) is 1.74. The quantitative estimate of drug-likeness (QED) is 0.388. The number of aliphatic imine (C=N–C) groups is 1. The highest BCUT2D eigenvalue weighted by atomic mass is 127. The Kier molecular flexibility index (Phi) is 10.3. The number of rotatable bonds is 5. The Balaban J connectivity index is 0.00000338. The molecule has 0 aromatic heterocycles. The number of ether oxygens (including phenoxy) is 1. The Labute approximate surface area is 171 Å². The van der Waals surface area contributed by atoms with Gasteiger partial charge in [-0.2, -0.15) is 0 Å². The summed E-state index contributed by atoms with van der Waals surface area (Å²) in [5.41, 5.74) is 1.08. The predicted molar refractivity (Wildman–Crippen MR) is 112 cm³/mol. The summed E-state index contributed by atoms with van der Waals surface area (Å²) in [6.45, 7) is 4.30. The molecule has 0 bridgehead atoms. The van der Waals surface area contributed by atoms with Gasteiger partial charge in [-0.25, -0.2) is 9.18 Å². The molecule has 0 saturated carbocycles. The van der Waals surface area contributed by atoms with Gasteiger partial charge < -0.3 is 20.3 Å². The summed E-state index contributed by atoms with van der Waals surface area (Å²) in [6.07, 6.45) is 2.28. The molecule has 0 atom stereocenters. The molecule has 0 spiro atoms. The molecule has 1 aliphatic rings. The number of benzene rings is 1. The number of amides is 1. The van der Waals surface area contributed by atoms with Crippen LogP contribution in [0.4, 0.5) is 9.18 Å². The van der Waals surface area contributed by atoms with E-state index in [1.807, 2.05) is 6.92 Å². The molecule has 0 aliphatic carbocycles. The first kappa shape index (κ1) is 22.5. The smallest absolute Gasteiger partial charge is 0.409 e. The van der Waals surface area contributed by atoms with Crippen molar-refractivity contribution in [2.75, 3.05) is 33.3 Å². The second-order valence-corrected chi connectivity index (χ2v) is 5.98. The normalized spacial score (nSPS) is 15.2. The van der Waals surface area contributed by atoms with Gasteiger partial charge in [0.05, 0.1) is 6.61 Å². The van der Waals surface area contributed by atoms with Gasteiger partial charge in [0.2, 0.25) is 0 Å². The highest BCUT2D eigenvalue weighted by Gasteiger charge is 2.23. The van der Waals surface area contributed by atoms with Gasteiger partial charge in [0.1, 0.15) is 5.82 Å². The van der Waals surface area contributed by atoms with Crippen LogP contribution in [0.1, 0.15) is 25.3 Å². The Morgan fingerprint density at radius 1 is 1.31 bits per heavy atom. The summed E-state index contributed by atoms with van der Waals surface area (Å²) in [4.78, 5) is 17.7. The van der Waals surface area contributed by atoms with Gasteiger partial charge in [-0.05, 0) is 43.9 Å². The number of nitrogens with one attached hydrogen (secondary N) is 2. The number of nitrogens with zero attached hydrogens (tertiary/aromatic N) is 2. The third-order valence-electron chi connectivity index (χ3n) is 4.20. The molecular weight excluding hydrogens is 450 g/mol. The number of likely N-dealkylation sites (tertiary alicyclic amines) is 1. The van der Waals surface area contributed by atoms with Crippen molar-refractivity contribution in [1.29, 1.82) is 0 Å². The Bertz CT molecular complexity index is 575. The number of hydrogen-bond donors (Lipinski definition) is 2. The number of guanidine groups is 1. The second kappa shape index (κ2) is 11.9. The number of carbonyl (C=O) groups is 1. The third kappa shape index (κ3) is 7.35. The maximum atomic E-state index is 12.9. The summed E-state index contributed by atoms with van der Waals surface area (Å²) in [6, 6.07) is 6.80. The van der Waals surface area contributed by atoms with Crippen LogP contribution in [0.3, 0.4) is 0 Å². The van der Waals surface area contributed by atoms with Crippen molar-refractivity contribution in [2.45, 2.75) is 32.2 Å². The molecule has 1 aromatic carbocycles. The molecule has 1 heterocycles. The lowest BCUT2D eigenvalue weighted by atomic mass is 10.1. The molecule has 1 fully saturated rings. The van der Waals surface area contributed by atoms with E-state index in [0.717, 1.165) is 30.8 Å². The van der Waals surface area contributed by atoms with Crippen LogP contribution in [0.2, 0.25) is 0 Å². The average molecular weight is 478 g/mol. The van der Waals surface area contributed by atoms with Crippen molar-refractivity contribution < 1.29 is 13.9 Å². The van der Waals surface area contributed by atoms with Gasteiger partial charge in [-0.1, -0.05) is 12.1 Å². The van der Waals surface area contributed by atoms with Crippen LogP contribution in [0, 0.1) is 5.82 Å². The van der Waals surface area contributed by atoms with Crippen LogP contribution in [-0.4, -0.2) is 56.3 Å². The van der Waals surface area contributed by atoms with E-state index < -0.39 is 0 Å². The van der Waals surface area contributed by atoms with Crippen LogP contribution in [0.5, 0.6) is 0 Å². The fraction of sp³-hybridized carbons (Fsp3) is 0.556. The van der Waals surface area contributed by atoms with E-state index >= 15 is 0 Å². The van der Waals surface area contributed by atoms with E-state index in [-0.39, 0.29) is 41.9 Å². The summed E-state index contributed by atoms with van der Waals surface area (Å²) < 4.78 is 17.9. The number of halogens is 2. The number of hydrogen-bond acceptors (Lipinski definition) is 3. The van der Waals surface area contributed by atoms with E-state index in [9.17, 15) is 9.18 Å². The molecule has 8 heteroatoms. The summed E-state index contributed by atoms with van der Waals surface area (Å²) in [5, 5.41) is 6.67. The molecule has 1 aromatic rings. The molecule has 0 unspecified atom stereocenters. The van der Waals surface area contributed by atoms with Crippen molar-refractivity contribution >= 4 is 36.0 Å². The van der Waals surface area contributed by atoms with Crippen LogP contribution in [-0.2, 0) is 11.2 Å². The lowest BCUT2D eigenvalue weighted by Gasteiger charge is -2.32. The average Bonchev–Trinajstić information content (AvgIpc) is 2.63. The molecule has 1 amide bonds. The largest absolute Gasteiger partial charge is 0.450 e. The van der Waals surface area contributed by atoms with Crippen molar-refractivity contribution in [2.24, 2.45) is 4.99 Å². The highest BCUT2D eigenvalue weighted by molar-refractivity contribution is 14.0. The molecule has 2 N–H and O–H groups in total. The minimum absolute atomic E-state index is 0. The summed E-state index contributed by atoms with van der Waals surface area (Å²) in [5.74, 6) is 0.528. The second-order valence-electron chi connectivity index (χ2n) is 5.98. The first-order chi connectivity index (χ1) is 12.1. The first-order valence-electron chi connectivity index (χ1n) is 8.75. The van der Waals surface area contributed by atoms with E-state index in [0.29, 0.717) is 26.2 Å². The first-order valence-corrected chi connectivity index (χ1v) is 8.75. The Hall–Kier alpha value is -1.58. The van der Waals surface area contributed by atoms with E-state index in [1.165, 1.54) is 12.1 Å². The van der Waals surface area contributed by atoms with Crippen molar-refractivity contribution in [3.8, 4) is 0 Å². The maximum Gasteiger partial charge on any atom is 0.409 e. The lowest BCUT2D eigenvalue weighted by Crippen LogP contribution is -2.50. The molecule has 146 valence electrons. The monoisotopic (exact) mass is 478 g/mol. The zero-order chi connectivity index (χ0) is 18.1. The minimum Gasteiger partial charge on any atom is -0.450 e. The van der Waals surface area contributed by atoms with Gasteiger partial charge in [-0.15, -0.1) is 24.0 Å². The van der Waals surface area contributed by atoms with Gasteiger partial charge in [-0.3, -0.25) is 4.99 Å². The number of carbonyl (C=O) groups excluding carboxylic acids is 1. The highest BCUT2D eigenvalue weighted by Crippen LogP contribution is 2.11. The van der Waals surface area contributed by atoms with Crippen LogP contribution < -0.4 is 10.6 Å². The fourth-order valence-electron chi connectivity index (χ4n) is 2.79. The molecular formula is C18H28FIN4O2. The SMILES string of the molecule is CCOC(=O)N1CCC(NC(=NC)NCCc2ccc(F)cc2)CC1.I. The lowest BCUT2D eigenvalue weighted by molar-refractivity contribution is 0.0963. The minimum atomic E-state index is -0.234. The van der Waals surface area contributed by atoms with Gasteiger partial charge in [0.15, 0.2) is 5.96 Å². The molecule has 2 rings (SSSR count). The van der Waals surface area contributed by atoms with E-state index in [4.69, 9.17) is 4.74 Å². The van der Waals surface area contributed by atoms with Crippen LogP contribution in [0.15, 0.2) is 29.3 Å². The standard InChI is InChI=1S/C18H27FN4O2.HI/c1-3-25-18(24)23-12-9-16(10-13-23)22-17(20-2)21-11-8-14-4-6-15(19)7-5-14;/h4-7,16H,3,8-13H2,1-2H3,(H2,20,21,22);1H. The summed E-state index contributed by atoms with van der Waals surface area (Å²) >= 11 is 0. The van der Waals surface area contributed by atoms with E-state index in [1.54, 1.807) is 24.1 Å². The molecule has 26 heavy (non-hydrogen) atoms. The van der Waals surface area contributed by atoms with Crippen LogP contribution >= 0.6 is 24.0 Å². The zero-order valence-corrected chi connectivity index (χ0v) is 17.7. The fourth-order valence-corrected chi connectivity index (χ4v) is 2.79. The number of piperidine rings is 1. The molecule has 0 radical (unpaired) electrons.